The lowest BCUT2D eigenvalue weighted by atomic mass is 9.85. The second kappa shape index (κ2) is 5.72. The van der Waals surface area contributed by atoms with Gasteiger partial charge in [0.15, 0.2) is 11.5 Å². The lowest BCUT2D eigenvalue weighted by Crippen LogP contribution is -2.21. The first-order chi connectivity index (χ1) is 11.0. The molecule has 3 rings (SSSR count). The molecule has 0 saturated carbocycles. The highest BCUT2D eigenvalue weighted by molar-refractivity contribution is 5.79. The minimum atomic E-state index is -0.401. The van der Waals surface area contributed by atoms with Gasteiger partial charge in [0.1, 0.15) is 17.2 Å². The SMILES string of the molecule is COc1cc(O)c2c(c1)OC(=O)CC2c1ccc(O)c(OC)c1. The number of methoxy groups -OCH3 is 2. The zero-order chi connectivity index (χ0) is 16.6. The van der Waals surface area contributed by atoms with Gasteiger partial charge in [0.2, 0.25) is 0 Å². The number of esters is 1. The molecule has 23 heavy (non-hydrogen) atoms. The molecule has 120 valence electrons. The molecule has 1 aliphatic rings. The first-order valence-corrected chi connectivity index (χ1v) is 7.02. The summed E-state index contributed by atoms with van der Waals surface area (Å²) >= 11 is 0. The summed E-state index contributed by atoms with van der Waals surface area (Å²) in [6.07, 6.45) is 0.0841. The third-order valence-electron chi connectivity index (χ3n) is 3.88. The van der Waals surface area contributed by atoms with Crippen molar-refractivity contribution in [3.8, 4) is 28.7 Å². The summed E-state index contributed by atoms with van der Waals surface area (Å²) in [6, 6.07) is 7.87. The number of carbonyl (C=O) groups is 1. The standard InChI is InChI=1S/C17H16O6/c1-21-10-6-13(19)17-11(8-16(20)23-15(17)7-10)9-3-4-12(18)14(5-9)22-2/h3-7,11,18-19H,8H2,1-2H3. The predicted octanol–water partition coefficient (Wildman–Crippen LogP) is 2.56. The number of ether oxygens (including phenoxy) is 3. The van der Waals surface area contributed by atoms with Crippen LogP contribution in [0.15, 0.2) is 30.3 Å². The number of carbonyl (C=O) groups excluding carboxylic acids is 1. The first kappa shape index (κ1) is 15.0. The Bertz CT molecular complexity index is 768. The second-order valence-electron chi connectivity index (χ2n) is 5.22. The van der Waals surface area contributed by atoms with Crippen molar-refractivity contribution in [2.24, 2.45) is 0 Å². The zero-order valence-electron chi connectivity index (χ0n) is 12.7. The van der Waals surface area contributed by atoms with E-state index in [1.165, 1.54) is 26.4 Å². The van der Waals surface area contributed by atoms with E-state index in [1.54, 1.807) is 18.2 Å². The molecule has 0 radical (unpaired) electrons. The van der Waals surface area contributed by atoms with Crippen molar-refractivity contribution in [2.75, 3.05) is 14.2 Å². The fraction of sp³-hybridized carbons (Fsp3) is 0.235. The molecule has 0 saturated heterocycles. The first-order valence-electron chi connectivity index (χ1n) is 7.02. The number of hydrogen-bond acceptors (Lipinski definition) is 6. The topological polar surface area (TPSA) is 85.2 Å². The van der Waals surface area contributed by atoms with Crippen LogP contribution in [0.1, 0.15) is 23.5 Å². The van der Waals surface area contributed by atoms with E-state index >= 15 is 0 Å². The average Bonchev–Trinajstić information content (AvgIpc) is 2.53. The highest BCUT2D eigenvalue weighted by atomic mass is 16.5. The lowest BCUT2D eigenvalue weighted by molar-refractivity contribution is -0.135. The van der Waals surface area contributed by atoms with Crippen molar-refractivity contribution >= 4 is 5.97 Å². The fourth-order valence-electron chi connectivity index (χ4n) is 2.77. The van der Waals surface area contributed by atoms with E-state index in [0.717, 1.165) is 5.56 Å². The van der Waals surface area contributed by atoms with Gasteiger partial charge in [0.25, 0.3) is 0 Å². The van der Waals surface area contributed by atoms with Gasteiger partial charge >= 0.3 is 5.97 Å². The summed E-state index contributed by atoms with van der Waals surface area (Å²) < 4.78 is 15.4. The molecule has 6 nitrogen and oxygen atoms in total. The van der Waals surface area contributed by atoms with Crippen molar-refractivity contribution in [2.45, 2.75) is 12.3 Å². The van der Waals surface area contributed by atoms with Gasteiger partial charge in [-0.1, -0.05) is 6.07 Å². The van der Waals surface area contributed by atoms with E-state index in [-0.39, 0.29) is 23.7 Å². The normalized spacial score (nSPS) is 16.4. The maximum absolute atomic E-state index is 11.9. The Morgan fingerprint density at radius 2 is 1.87 bits per heavy atom. The van der Waals surface area contributed by atoms with E-state index in [0.29, 0.717) is 17.1 Å². The molecule has 1 heterocycles. The number of phenolic OH excluding ortho intramolecular Hbond substituents is 2. The predicted molar refractivity (Wildman–Crippen MR) is 81.4 cm³/mol. The van der Waals surface area contributed by atoms with Crippen molar-refractivity contribution in [1.29, 1.82) is 0 Å². The van der Waals surface area contributed by atoms with E-state index in [9.17, 15) is 15.0 Å². The van der Waals surface area contributed by atoms with Crippen LogP contribution in [0.25, 0.3) is 0 Å². The van der Waals surface area contributed by atoms with Gasteiger partial charge in [0.05, 0.1) is 20.6 Å². The Hall–Kier alpha value is -2.89. The average molecular weight is 316 g/mol. The van der Waals surface area contributed by atoms with E-state index in [2.05, 4.69) is 0 Å². The molecule has 0 amide bonds. The summed E-state index contributed by atoms with van der Waals surface area (Å²) in [5.41, 5.74) is 1.25. The maximum atomic E-state index is 11.9. The number of phenols is 2. The summed E-state index contributed by atoms with van der Waals surface area (Å²) in [7, 11) is 2.92. The Kier molecular flexibility index (Phi) is 3.73. The highest BCUT2D eigenvalue weighted by Gasteiger charge is 2.32. The van der Waals surface area contributed by atoms with Gasteiger partial charge in [-0.25, -0.2) is 0 Å². The third kappa shape index (κ3) is 2.63. The van der Waals surface area contributed by atoms with Gasteiger partial charge in [-0.05, 0) is 17.7 Å². The molecule has 0 bridgehead atoms. The molecule has 2 aromatic carbocycles. The summed E-state index contributed by atoms with van der Waals surface area (Å²) in [4.78, 5) is 11.9. The van der Waals surface area contributed by atoms with E-state index in [1.807, 2.05) is 0 Å². The molecule has 6 heteroatoms. The molecular weight excluding hydrogens is 300 g/mol. The van der Waals surface area contributed by atoms with E-state index < -0.39 is 11.9 Å². The molecule has 1 unspecified atom stereocenters. The van der Waals surface area contributed by atoms with Crippen LogP contribution in [0.5, 0.6) is 28.7 Å². The smallest absolute Gasteiger partial charge is 0.312 e. The lowest BCUT2D eigenvalue weighted by Gasteiger charge is -2.26. The minimum absolute atomic E-state index is 0.00816. The quantitative estimate of drug-likeness (QED) is 0.668. The molecule has 0 spiro atoms. The van der Waals surface area contributed by atoms with Crippen LogP contribution < -0.4 is 14.2 Å². The summed E-state index contributed by atoms with van der Waals surface area (Å²) in [5, 5.41) is 20.0. The number of aromatic hydroxyl groups is 2. The van der Waals surface area contributed by atoms with Crippen LogP contribution in [-0.2, 0) is 4.79 Å². The largest absolute Gasteiger partial charge is 0.507 e. The summed E-state index contributed by atoms with van der Waals surface area (Å²) in [6.45, 7) is 0. The number of rotatable bonds is 3. The van der Waals surface area contributed by atoms with Crippen LogP contribution in [0.3, 0.4) is 0 Å². The summed E-state index contributed by atoms with van der Waals surface area (Å²) in [5.74, 6) is 0.177. The molecule has 1 atom stereocenters. The molecule has 2 N–H and O–H groups in total. The Morgan fingerprint density at radius 1 is 1.09 bits per heavy atom. The van der Waals surface area contributed by atoms with Gasteiger partial charge in [-0.3, -0.25) is 4.79 Å². The molecule has 2 aromatic rings. The van der Waals surface area contributed by atoms with Gasteiger partial charge in [-0.2, -0.15) is 0 Å². The maximum Gasteiger partial charge on any atom is 0.312 e. The molecule has 0 fully saturated rings. The van der Waals surface area contributed by atoms with Gasteiger partial charge in [-0.15, -0.1) is 0 Å². The van der Waals surface area contributed by atoms with Crippen LogP contribution in [0, 0.1) is 0 Å². The number of benzene rings is 2. The fourth-order valence-corrected chi connectivity index (χ4v) is 2.77. The van der Waals surface area contributed by atoms with Gasteiger partial charge < -0.3 is 24.4 Å². The van der Waals surface area contributed by atoms with Crippen molar-refractivity contribution in [3.63, 3.8) is 0 Å². The molecule has 0 aliphatic carbocycles. The second-order valence-corrected chi connectivity index (χ2v) is 5.22. The molecule has 1 aliphatic heterocycles. The molecule has 0 aromatic heterocycles. The van der Waals surface area contributed by atoms with Crippen LogP contribution in [-0.4, -0.2) is 30.4 Å². The Labute approximate surface area is 132 Å². The van der Waals surface area contributed by atoms with Crippen molar-refractivity contribution < 1.29 is 29.2 Å². The minimum Gasteiger partial charge on any atom is -0.507 e. The van der Waals surface area contributed by atoms with Crippen molar-refractivity contribution in [3.05, 3.63) is 41.5 Å². The molecular formula is C17H16O6. The van der Waals surface area contributed by atoms with Crippen LogP contribution in [0.4, 0.5) is 0 Å². The third-order valence-corrected chi connectivity index (χ3v) is 3.88. The van der Waals surface area contributed by atoms with Crippen LogP contribution in [0.2, 0.25) is 0 Å². The number of hydrogen-bond donors (Lipinski definition) is 2. The van der Waals surface area contributed by atoms with Crippen molar-refractivity contribution in [1.82, 2.24) is 0 Å². The monoisotopic (exact) mass is 316 g/mol. The number of fused-ring (bicyclic) bond motifs is 1. The zero-order valence-corrected chi connectivity index (χ0v) is 12.7. The van der Waals surface area contributed by atoms with Crippen LogP contribution >= 0.6 is 0 Å². The highest BCUT2D eigenvalue weighted by Crippen LogP contribution is 2.46. The van der Waals surface area contributed by atoms with Gasteiger partial charge in [0, 0.05) is 23.6 Å². The van der Waals surface area contributed by atoms with E-state index in [4.69, 9.17) is 14.2 Å². The Balaban J connectivity index is 2.14. The Morgan fingerprint density at radius 3 is 2.57 bits per heavy atom.